The summed E-state index contributed by atoms with van der Waals surface area (Å²) in [6.07, 6.45) is 1.44. The van der Waals surface area contributed by atoms with E-state index in [0.29, 0.717) is 13.0 Å². The largest absolute Gasteiger partial charge is 0.396 e. The average Bonchev–Trinajstić information content (AvgIpc) is 2.59. The van der Waals surface area contributed by atoms with Gasteiger partial charge in [0.2, 0.25) is 21.8 Å². The molecule has 0 aliphatic heterocycles. The van der Waals surface area contributed by atoms with Gasteiger partial charge in [-0.3, -0.25) is 9.59 Å². The summed E-state index contributed by atoms with van der Waals surface area (Å²) in [6, 6.07) is 8.37. The standard InChI is InChI=1S/C17H27N3O5S/c1-14(17(23)18-10-7-11-21)20(12-15-8-5-4-6-9-15)16(22)13-19(2)26(3,24)25/h4-6,8-9,14,21H,7,10-13H2,1-3H3,(H,18,23)/t14-/m0/s1. The van der Waals surface area contributed by atoms with Crippen LogP contribution in [0.15, 0.2) is 30.3 Å². The fourth-order valence-electron chi connectivity index (χ4n) is 2.20. The van der Waals surface area contributed by atoms with E-state index in [2.05, 4.69) is 5.32 Å². The number of rotatable bonds is 10. The number of carbonyl (C=O) groups excluding carboxylic acids is 2. The second kappa shape index (κ2) is 10.2. The van der Waals surface area contributed by atoms with E-state index >= 15 is 0 Å². The Kier molecular flexibility index (Phi) is 8.70. The summed E-state index contributed by atoms with van der Waals surface area (Å²) in [5.74, 6) is -0.823. The predicted molar refractivity (Wildman–Crippen MR) is 98.6 cm³/mol. The first-order chi connectivity index (χ1) is 12.2. The van der Waals surface area contributed by atoms with Crippen LogP contribution in [0.3, 0.4) is 0 Å². The molecule has 1 atom stereocenters. The molecule has 0 heterocycles. The van der Waals surface area contributed by atoms with E-state index in [0.717, 1.165) is 16.1 Å². The zero-order valence-corrected chi connectivity index (χ0v) is 16.2. The number of sulfonamides is 1. The minimum absolute atomic E-state index is 0.0412. The summed E-state index contributed by atoms with van der Waals surface area (Å²) in [5.41, 5.74) is 0.831. The van der Waals surface area contributed by atoms with Crippen molar-refractivity contribution >= 4 is 21.8 Å². The minimum Gasteiger partial charge on any atom is -0.396 e. The van der Waals surface area contributed by atoms with Crippen molar-refractivity contribution in [2.75, 3.05) is 33.0 Å². The SMILES string of the molecule is C[C@@H](C(=O)NCCCO)N(Cc1ccccc1)C(=O)CN(C)S(C)(=O)=O. The second-order valence-corrected chi connectivity index (χ2v) is 8.16. The molecule has 0 fully saturated rings. The number of hydrogen-bond acceptors (Lipinski definition) is 5. The number of likely N-dealkylation sites (N-methyl/N-ethyl adjacent to an activating group) is 1. The number of hydrogen-bond donors (Lipinski definition) is 2. The first kappa shape index (κ1) is 22.1. The maximum absolute atomic E-state index is 12.7. The smallest absolute Gasteiger partial charge is 0.242 e. The first-order valence-corrected chi connectivity index (χ1v) is 10.1. The highest BCUT2D eigenvalue weighted by Crippen LogP contribution is 2.10. The van der Waals surface area contributed by atoms with E-state index in [4.69, 9.17) is 5.11 Å². The molecule has 9 heteroatoms. The molecule has 0 aliphatic rings. The monoisotopic (exact) mass is 385 g/mol. The van der Waals surface area contributed by atoms with Gasteiger partial charge in [0.1, 0.15) is 6.04 Å². The van der Waals surface area contributed by atoms with Crippen molar-refractivity contribution in [2.45, 2.75) is 25.9 Å². The van der Waals surface area contributed by atoms with Crippen molar-refractivity contribution in [1.29, 1.82) is 0 Å². The molecule has 2 N–H and O–H groups in total. The molecule has 26 heavy (non-hydrogen) atoms. The fraction of sp³-hybridized carbons (Fsp3) is 0.529. The Bertz CT molecular complexity index is 694. The molecule has 0 radical (unpaired) electrons. The Morgan fingerprint density at radius 2 is 1.85 bits per heavy atom. The van der Waals surface area contributed by atoms with Crippen LogP contribution in [0.1, 0.15) is 18.9 Å². The van der Waals surface area contributed by atoms with Crippen LogP contribution in [0.25, 0.3) is 0 Å². The molecule has 0 unspecified atom stereocenters. The van der Waals surface area contributed by atoms with Crippen LogP contribution in [0, 0.1) is 0 Å². The predicted octanol–water partition coefficient (Wildman–Crippen LogP) is -0.206. The lowest BCUT2D eigenvalue weighted by Gasteiger charge is -2.30. The van der Waals surface area contributed by atoms with Crippen molar-refractivity contribution in [3.63, 3.8) is 0 Å². The van der Waals surface area contributed by atoms with Gasteiger partial charge in [0.15, 0.2) is 0 Å². The Labute approximate surface area is 154 Å². The molecule has 0 bridgehead atoms. The van der Waals surface area contributed by atoms with Crippen molar-refractivity contribution in [2.24, 2.45) is 0 Å². The van der Waals surface area contributed by atoms with Crippen LogP contribution < -0.4 is 5.32 Å². The lowest BCUT2D eigenvalue weighted by molar-refractivity contribution is -0.140. The summed E-state index contributed by atoms with van der Waals surface area (Å²) < 4.78 is 24.1. The van der Waals surface area contributed by atoms with Crippen molar-refractivity contribution in [3.05, 3.63) is 35.9 Å². The van der Waals surface area contributed by atoms with E-state index in [1.165, 1.54) is 11.9 Å². The van der Waals surface area contributed by atoms with Gasteiger partial charge in [0, 0.05) is 26.7 Å². The van der Waals surface area contributed by atoms with Crippen LogP contribution in [0.5, 0.6) is 0 Å². The van der Waals surface area contributed by atoms with Crippen LogP contribution in [-0.4, -0.2) is 73.6 Å². The average molecular weight is 385 g/mol. The van der Waals surface area contributed by atoms with Gasteiger partial charge in [-0.2, -0.15) is 4.31 Å². The highest BCUT2D eigenvalue weighted by molar-refractivity contribution is 7.88. The van der Waals surface area contributed by atoms with Crippen LogP contribution >= 0.6 is 0 Å². The maximum atomic E-state index is 12.7. The third kappa shape index (κ3) is 7.11. The molecule has 0 spiro atoms. The van der Waals surface area contributed by atoms with Crippen molar-refractivity contribution in [1.82, 2.24) is 14.5 Å². The van der Waals surface area contributed by atoms with E-state index in [1.807, 2.05) is 30.3 Å². The van der Waals surface area contributed by atoms with Crippen molar-refractivity contribution < 1.29 is 23.1 Å². The number of aliphatic hydroxyl groups is 1. The lowest BCUT2D eigenvalue weighted by Crippen LogP contribution is -2.50. The third-order valence-electron chi connectivity index (χ3n) is 3.92. The van der Waals surface area contributed by atoms with Gasteiger partial charge >= 0.3 is 0 Å². The number of carbonyl (C=O) groups is 2. The molecule has 1 rings (SSSR count). The Balaban J connectivity index is 2.93. The molecule has 8 nitrogen and oxygen atoms in total. The first-order valence-electron chi connectivity index (χ1n) is 8.30. The molecule has 0 saturated heterocycles. The Hall–Kier alpha value is -1.97. The summed E-state index contributed by atoms with van der Waals surface area (Å²) in [5, 5.41) is 11.5. The summed E-state index contributed by atoms with van der Waals surface area (Å²) in [7, 11) is -2.19. The van der Waals surface area contributed by atoms with E-state index in [1.54, 1.807) is 6.92 Å². The fourth-order valence-corrected chi connectivity index (χ4v) is 2.54. The molecule has 146 valence electrons. The van der Waals surface area contributed by atoms with Gasteiger partial charge in [-0.15, -0.1) is 0 Å². The Morgan fingerprint density at radius 1 is 1.23 bits per heavy atom. The van der Waals surface area contributed by atoms with Gasteiger partial charge < -0.3 is 15.3 Å². The van der Waals surface area contributed by atoms with Crippen LogP contribution in [0.2, 0.25) is 0 Å². The van der Waals surface area contributed by atoms with E-state index in [-0.39, 0.29) is 25.6 Å². The number of aliphatic hydroxyl groups excluding tert-OH is 1. The zero-order valence-electron chi connectivity index (χ0n) is 15.4. The Morgan fingerprint density at radius 3 is 2.38 bits per heavy atom. The van der Waals surface area contributed by atoms with Crippen molar-refractivity contribution in [3.8, 4) is 0 Å². The highest BCUT2D eigenvalue weighted by atomic mass is 32.2. The summed E-state index contributed by atoms with van der Waals surface area (Å²) >= 11 is 0. The molecule has 0 saturated carbocycles. The van der Waals surface area contributed by atoms with Gasteiger partial charge in [-0.1, -0.05) is 30.3 Å². The van der Waals surface area contributed by atoms with Gasteiger partial charge in [0.05, 0.1) is 12.8 Å². The number of nitrogens with zero attached hydrogens (tertiary/aromatic N) is 2. The molecule has 2 amide bonds. The molecule has 0 aliphatic carbocycles. The zero-order chi connectivity index (χ0) is 19.7. The van der Waals surface area contributed by atoms with Gasteiger partial charge in [-0.05, 0) is 18.9 Å². The highest BCUT2D eigenvalue weighted by Gasteiger charge is 2.28. The quantitative estimate of drug-likeness (QED) is 0.542. The minimum atomic E-state index is -3.51. The maximum Gasteiger partial charge on any atom is 0.242 e. The van der Waals surface area contributed by atoms with E-state index < -0.39 is 22.0 Å². The third-order valence-corrected chi connectivity index (χ3v) is 5.18. The molecule has 1 aromatic carbocycles. The number of nitrogens with one attached hydrogen (secondary N) is 1. The molecular weight excluding hydrogens is 358 g/mol. The normalized spacial score (nSPS) is 12.7. The summed E-state index contributed by atoms with van der Waals surface area (Å²) in [4.78, 5) is 26.4. The molecule has 1 aromatic rings. The number of amides is 2. The topological polar surface area (TPSA) is 107 Å². The molecular formula is C17H27N3O5S. The second-order valence-electron chi connectivity index (χ2n) is 6.07. The van der Waals surface area contributed by atoms with Gasteiger partial charge in [-0.25, -0.2) is 8.42 Å². The van der Waals surface area contributed by atoms with Crippen LogP contribution in [-0.2, 0) is 26.2 Å². The number of benzene rings is 1. The van der Waals surface area contributed by atoms with E-state index in [9.17, 15) is 18.0 Å². The van der Waals surface area contributed by atoms with Gasteiger partial charge in [0.25, 0.3) is 0 Å². The molecule has 0 aromatic heterocycles. The summed E-state index contributed by atoms with van der Waals surface area (Å²) in [6.45, 7) is 1.69. The lowest BCUT2D eigenvalue weighted by atomic mass is 10.1. The van der Waals surface area contributed by atoms with Crippen LogP contribution in [0.4, 0.5) is 0 Å².